The first-order valence-corrected chi connectivity index (χ1v) is 7.13. The van der Waals surface area contributed by atoms with Gasteiger partial charge in [0.1, 0.15) is 11.8 Å². The highest BCUT2D eigenvalue weighted by Gasteiger charge is 2.19. The molecule has 4 nitrogen and oxygen atoms in total. The lowest BCUT2D eigenvalue weighted by Gasteiger charge is -2.24. The second kappa shape index (κ2) is 7.64. The van der Waals surface area contributed by atoms with Crippen LogP contribution in [-0.2, 0) is 0 Å². The number of hydrogen-bond acceptors (Lipinski definition) is 3. The van der Waals surface area contributed by atoms with Gasteiger partial charge < -0.3 is 5.32 Å². The van der Waals surface area contributed by atoms with Crippen LogP contribution in [0.5, 0.6) is 0 Å². The Kier molecular flexibility index (Phi) is 6.17. The number of nitriles is 1. The van der Waals surface area contributed by atoms with E-state index in [1.165, 1.54) is 25.5 Å². The third-order valence-corrected chi connectivity index (χ3v) is 3.31. The predicted octanol–water partition coefficient (Wildman–Crippen LogP) is 3.29. The molecule has 0 unspecified atom stereocenters. The molecule has 0 aliphatic carbocycles. The topological polar surface area (TPSA) is 65.8 Å². The largest absolute Gasteiger partial charge is 0.350 e. The summed E-state index contributed by atoms with van der Waals surface area (Å²) in [4.78, 5) is 16.0. The summed E-state index contributed by atoms with van der Waals surface area (Å²) in [5.74, 6) is -0.182. The highest BCUT2D eigenvalue weighted by atomic mass is 16.1. The Morgan fingerprint density at radius 1 is 1.40 bits per heavy atom. The fourth-order valence-corrected chi connectivity index (χ4v) is 1.95. The Bertz CT molecular complexity index is 471. The van der Waals surface area contributed by atoms with Crippen molar-refractivity contribution < 1.29 is 4.79 Å². The van der Waals surface area contributed by atoms with E-state index in [1.807, 2.05) is 6.07 Å². The number of unbranched alkanes of at least 4 members (excludes halogenated alkanes) is 2. The van der Waals surface area contributed by atoms with E-state index in [0.717, 1.165) is 6.42 Å². The number of amides is 1. The molecule has 0 spiro atoms. The molecule has 1 amide bonds. The van der Waals surface area contributed by atoms with Gasteiger partial charge in [-0.25, -0.2) is 4.98 Å². The standard InChI is InChI=1S/C16H23N3O/c1-4-5-6-9-16(2,3)12-19-15(20)14-8-7-13(10-17)11-18-14/h7-8,11H,4-6,9,12H2,1-3H3,(H,19,20). The van der Waals surface area contributed by atoms with Gasteiger partial charge in [-0.2, -0.15) is 5.26 Å². The van der Waals surface area contributed by atoms with Gasteiger partial charge in [-0.05, 0) is 24.0 Å². The van der Waals surface area contributed by atoms with Crippen molar-refractivity contribution in [3.8, 4) is 6.07 Å². The molecule has 1 heterocycles. The number of aromatic nitrogens is 1. The molecule has 1 aromatic rings. The Balaban J connectivity index is 2.47. The third kappa shape index (κ3) is 5.40. The Morgan fingerprint density at radius 3 is 2.70 bits per heavy atom. The van der Waals surface area contributed by atoms with Crippen molar-refractivity contribution in [1.29, 1.82) is 5.26 Å². The minimum Gasteiger partial charge on any atom is -0.350 e. The average Bonchev–Trinajstić information content (AvgIpc) is 2.45. The van der Waals surface area contributed by atoms with Crippen LogP contribution >= 0.6 is 0 Å². The second-order valence-corrected chi connectivity index (χ2v) is 5.85. The van der Waals surface area contributed by atoms with Crippen molar-refractivity contribution in [3.05, 3.63) is 29.6 Å². The Hall–Kier alpha value is -1.89. The van der Waals surface area contributed by atoms with Gasteiger partial charge in [0.25, 0.3) is 5.91 Å². The predicted molar refractivity (Wildman–Crippen MR) is 79.2 cm³/mol. The number of carbonyl (C=O) groups excluding carboxylic acids is 1. The van der Waals surface area contributed by atoms with E-state index >= 15 is 0 Å². The van der Waals surface area contributed by atoms with Gasteiger partial charge in [0.05, 0.1) is 5.56 Å². The molecule has 0 radical (unpaired) electrons. The SMILES string of the molecule is CCCCCC(C)(C)CNC(=O)c1ccc(C#N)cn1. The zero-order valence-corrected chi connectivity index (χ0v) is 12.6. The van der Waals surface area contributed by atoms with Gasteiger partial charge in [-0.1, -0.05) is 40.0 Å². The van der Waals surface area contributed by atoms with Crippen LogP contribution in [0.2, 0.25) is 0 Å². The van der Waals surface area contributed by atoms with Crippen LogP contribution in [0.3, 0.4) is 0 Å². The van der Waals surface area contributed by atoms with E-state index in [0.29, 0.717) is 17.8 Å². The summed E-state index contributed by atoms with van der Waals surface area (Å²) in [5, 5.41) is 11.6. The van der Waals surface area contributed by atoms with E-state index in [4.69, 9.17) is 5.26 Å². The minimum absolute atomic E-state index is 0.0947. The van der Waals surface area contributed by atoms with E-state index < -0.39 is 0 Å². The maximum absolute atomic E-state index is 12.0. The van der Waals surface area contributed by atoms with E-state index in [1.54, 1.807) is 12.1 Å². The van der Waals surface area contributed by atoms with Crippen molar-refractivity contribution in [3.63, 3.8) is 0 Å². The van der Waals surface area contributed by atoms with Crippen LogP contribution in [-0.4, -0.2) is 17.4 Å². The molecule has 0 bridgehead atoms. The number of nitrogens with one attached hydrogen (secondary N) is 1. The first-order chi connectivity index (χ1) is 9.48. The monoisotopic (exact) mass is 273 g/mol. The van der Waals surface area contributed by atoms with Gasteiger partial charge >= 0.3 is 0 Å². The summed E-state index contributed by atoms with van der Waals surface area (Å²) in [6.45, 7) is 7.15. The van der Waals surface area contributed by atoms with E-state index in [9.17, 15) is 4.79 Å². The van der Waals surface area contributed by atoms with Gasteiger partial charge in [0, 0.05) is 12.7 Å². The normalized spacial score (nSPS) is 10.9. The molecule has 0 fully saturated rings. The molecule has 0 atom stereocenters. The molecule has 0 saturated carbocycles. The van der Waals surface area contributed by atoms with Gasteiger partial charge in [0.15, 0.2) is 0 Å². The summed E-state index contributed by atoms with van der Waals surface area (Å²) >= 11 is 0. The average molecular weight is 273 g/mol. The number of pyridine rings is 1. The molecule has 0 aliphatic rings. The van der Waals surface area contributed by atoms with Crippen molar-refractivity contribution in [2.75, 3.05) is 6.54 Å². The van der Waals surface area contributed by atoms with Crippen LogP contribution in [0.1, 0.15) is 62.5 Å². The highest BCUT2D eigenvalue weighted by Crippen LogP contribution is 2.22. The van der Waals surface area contributed by atoms with Crippen LogP contribution < -0.4 is 5.32 Å². The summed E-state index contributed by atoms with van der Waals surface area (Å²) in [7, 11) is 0. The molecule has 1 N–H and O–H groups in total. The first kappa shape index (κ1) is 16.2. The molecule has 1 rings (SSSR count). The zero-order valence-electron chi connectivity index (χ0n) is 12.6. The number of hydrogen-bond donors (Lipinski definition) is 1. The lowest BCUT2D eigenvalue weighted by Crippen LogP contribution is -2.34. The second-order valence-electron chi connectivity index (χ2n) is 5.85. The van der Waals surface area contributed by atoms with Crippen molar-refractivity contribution in [1.82, 2.24) is 10.3 Å². The number of rotatable bonds is 7. The fourth-order valence-electron chi connectivity index (χ4n) is 1.95. The zero-order chi connectivity index (χ0) is 15.0. The van der Waals surface area contributed by atoms with E-state index in [-0.39, 0.29) is 11.3 Å². The lowest BCUT2D eigenvalue weighted by molar-refractivity contribution is 0.0929. The summed E-state index contributed by atoms with van der Waals surface area (Å²) in [6, 6.07) is 5.17. The van der Waals surface area contributed by atoms with Gasteiger partial charge in [-0.3, -0.25) is 4.79 Å². The highest BCUT2D eigenvalue weighted by molar-refractivity contribution is 5.92. The molecular formula is C16H23N3O. The molecule has 1 aromatic heterocycles. The quantitative estimate of drug-likeness (QED) is 0.775. The molecule has 108 valence electrons. The lowest BCUT2D eigenvalue weighted by atomic mass is 9.87. The van der Waals surface area contributed by atoms with Crippen LogP contribution in [0.25, 0.3) is 0 Å². The summed E-state index contributed by atoms with van der Waals surface area (Å²) in [5.41, 5.74) is 0.909. The summed E-state index contributed by atoms with van der Waals surface area (Å²) in [6.07, 6.45) is 6.14. The molecule has 0 saturated heterocycles. The van der Waals surface area contributed by atoms with E-state index in [2.05, 4.69) is 31.1 Å². The Morgan fingerprint density at radius 2 is 2.15 bits per heavy atom. The van der Waals surface area contributed by atoms with Gasteiger partial charge in [0.2, 0.25) is 0 Å². The third-order valence-electron chi connectivity index (χ3n) is 3.31. The molecule has 0 aliphatic heterocycles. The molecule has 4 heteroatoms. The van der Waals surface area contributed by atoms with Crippen LogP contribution in [0.15, 0.2) is 18.3 Å². The van der Waals surface area contributed by atoms with Gasteiger partial charge in [-0.15, -0.1) is 0 Å². The van der Waals surface area contributed by atoms with Crippen molar-refractivity contribution >= 4 is 5.91 Å². The van der Waals surface area contributed by atoms with Crippen LogP contribution in [0.4, 0.5) is 0 Å². The van der Waals surface area contributed by atoms with Crippen LogP contribution in [0, 0.1) is 16.7 Å². The molecule has 20 heavy (non-hydrogen) atoms. The fraction of sp³-hybridized carbons (Fsp3) is 0.562. The smallest absolute Gasteiger partial charge is 0.269 e. The van der Waals surface area contributed by atoms with Crippen molar-refractivity contribution in [2.45, 2.75) is 46.5 Å². The maximum Gasteiger partial charge on any atom is 0.269 e. The number of carbonyl (C=O) groups is 1. The summed E-state index contributed by atoms with van der Waals surface area (Å²) < 4.78 is 0. The van der Waals surface area contributed by atoms with Crippen molar-refractivity contribution in [2.24, 2.45) is 5.41 Å². The molecular weight excluding hydrogens is 250 g/mol. The minimum atomic E-state index is -0.182. The Labute approximate surface area is 121 Å². The molecule has 0 aromatic carbocycles. The first-order valence-electron chi connectivity index (χ1n) is 7.13. The number of nitrogens with zero attached hydrogens (tertiary/aromatic N) is 2. The maximum atomic E-state index is 12.0.